The molecule has 5 nitrogen and oxygen atoms in total. The summed E-state index contributed by atoms with van der Waals surface area (Å²) in [6, 6.07) is 10.5. The van der Waals surface area contributed by atoms with E-state index >= 15 is 0 Å². The number of nitrogens with zero attached hydrogens (tertiary/aromatic N) is 4. The number of carbonyl (C=O) groups excluding carboxylic acids is 1. The van der Waals surface area contributed by atoms with Crippen LogP contribution in [0.5, 0.6) is 0 Å². The number of amides is 1. The number of piperidine rings is 1. The second-order valence-corrected chi connectivity index (χ2v) is 8.67. The lowest BCUT2D eigenvalue weighted by molar-refractivity contribution is 0.0697. The van der Waals surface area contributed by atoms with Gasteiger partial charge in [-0.15, -0.1) is 0 Å². The number of anilines is 1. The highest BCUT2D eigenvalue weighted by Crippen LogP contribution is 2.30. The van der Waals surface area contributed by atoms with Crippen molar-refractivity contribution in [2.24, 2.45) is 5.92 Å². The van der Waals surface area contributed by atoms with Crippen molar-refractivity contribution in [1.82, 2.24) is 14.9 Å². The molecule has 2 heterocycles. The van der Waals surface area contributed by atoms with Gasteiger partial charge in [-0.1, -0.05) is 56.5 Å². The molecule has 1 aromatic carbocycles. The summed E-state index contributed by atoms with van der Waals surface area (Å²) in [6.07, 6.45) is 10.0. The molecule has 0 spiro atoms. The number of rotatable bonds is 4. The molecule has 1 saturated heterocycles. The summed E-state index contributed by atoms with van der Waals surface area (Å²) in [7, 11) is 2.10. The fourth-order valence-electron chi connectivity index (χ4n) is 4.54. The lowest BCUT2D eigenvalue weighted by atomic mass is 9.94. The maximum atomic E-state index is 13.4. The van der Waals surface area contributed by atoms with Gasteiger partial charge in [0.1, 0.15) is 11.4 Å². The number of hydrogen-bond donors (Lipinski definition) is 0. The van der Waals surface area contributed by atoms with Crippen molar-refractivity contribution >= 4 is 11.7 Å². The second-order valence-electron chi connectivity index (χ2n) is 8.67. The van der Waals surface area contributed by atoms with Gasteiger partial charge in [-0.2, -0.15) is 0 Å². The first-order chi connectivity index (χ1) is 14.1. The van der Waals surface area contributed by atoms with Crippen molar-refractivity contribution in [3.05, 3.63) is 42.1 Å². The van der Waals surface area contributed by atoms with Crippen LogP contribution in [0.25, 0.3) is 11.4 Å². The maximum absolute atomic E-state index is 13.4. The van der Waals surface area contributed by atoms with Gasteiger partial charge in [-0.05, 0) is 31.6 Å². The van der Waals surface area contributed by atoms with Crippen LogP contribution in [0.3, 0.4) is 0 Å². The van der Waals surface area contributed by atoms with Crippen LogP contribution in [0, 0.1) is 5.92 Å². The molecule has 2 fully saturated rings. The van der Waals surface area contributed by atoms with Gasteiger partial charge in [0.2, 0.25) is 0 Å². The van der Waals surface area contributed by atoms with E-state index in [1.165, 1.54) is 19.3 Å². The zero-order valence-corrected chi connectivity index (χ0v) is 17.7. The van der Waals surface area contributed by atoms with Crippen LogP contribution in [-0.2, 0) is 0 Å². The first-order valence-electron chi connectivity index (χ1n) is 11.1. The molecule has 1 amide bonds. The Morgan fingerprint density at radius 3 is 2.41 bits per heavy atom. The highest BCUT2D eigenvalue weighted by molar-refractivity contribution is 5.99. The molecule has 0 atom stereocenters. The van der Waals surface area contributed by atoms with Crippen molar-refractivity contribution in [1.29, 1.82) is 0 Å². The van der Waals surface area contributed by atoms with E-state index in [4.69, 9.17) is 4.98 Å². The molecule has 0 bridgehead atoms. The molecule has 0 unspecified atom stereocenters. The van der Waals surface area contributed by atoms with Crippen molar-refractivity contribution < 1.29 is 4.79 Å². The Bertz CT molecular complexity index is 824. The SMILES string of the molecule is CC1CCN(C(=O)c2cnc(-c3ccccc3)nc2N(C)C2CCCCC2)CC1. The van der Waals surface area contributed by atoms with Crippen molar-refractivity contribution in [2.75, 3.05) is 25.0 Å². The van der Waals surface area contributed by atoms with Crippen LogP contribution in [0.4, 0.5) is 5.82 Å². The first kappa shape index (κ1) is 19.9. The van der Waals surface area contributed by atoms with Crippen LogP contribution < -0.4 is 4.90 Å². The molecule has 5 heteroatoms. The van der Waals surface area contributed by atoms with E-state index in [1.807, 2.05) is 35.2 Å². The van der Waals surface area contributed by atoms with E-state index in [0.29, 0.717) is 23.3 Å². The zero-order valence-electron chi connectivity index (χ0n) is 17.7. The van der Waals surface area contributed by atoms with E-state index in [9.17, 15) is 4.79 Å². The average molecular weight is 393 g/mol. The fraction of sp³-hybridized carbons (Fsp3) is 0.542. The molecule has 1 aromatic heterocycles. The van der Waals surface area contributed by atoms with E-state index in [2.05, 4.69) is 23.9 Å². The predicted molar refractivity (Wildman–Crippen MR) is 117 cm³/mol. The average Bonchev–Trinajstić information content (AvgIpc) is 2.79. The van der Waals surface area contributed by atoms with E-state index in [0.717, 1.165) is 50.2 Å². The first-order valence-corrected chi connectivity index (χ1v) is 11.1. The van der Waals surface area contributed by atoms with Crippen LogP contribution in [0.1, 0.15) is 62.2 Å². The van der Waals surface area contributed by atoms with Gasteiger partial charge < -0.3 is 9.80 Å². The zero-order chi connectivity index (χ0) is 20.2. The molecule has 1 aliphatic heterocycles. The summed E-state index contributed by atoms with van der Waals surface area (Å²) in [5.74, 6) is 2.25. The van der Waals surface area contributed by atoms with Gasteiger partial charge in [0, 0.05) is 37.9 Å². The highest BCUT2D eigenvalue weighted by Gasteiger charge is 2.28. The summed E-state index contributed by atoms with van der Waals surface area (Å²) in [5, 5.41) is 0. The van der Waals surface area contributed by atoms with Crippen LogP contribution >= 0.6 is 0 Å². The van der Waals surface area contributed by atoms with Crippen molar-refractivity contribution in [3.63, 3.8) is 0 Å². The molecule has 1 saturated carbocycles. The summed E-state index contributed by atoms with van der Waals surface area (Å²) < 4.78 is 0. The van der Waals surface area contributed by atoms with Crippen LogP contribution in [0.2, 0.25) is 0 Å². The lowest BCUT2D eigenvalue weighted by Crippen LogP contribution is -2.40. The summed E-state index contributed by atoms with van der Waals surface area (Å²) in [6.45, 7) is 3.92. The second kappa shape index (κ2) is 8.93. The summed E-state index contributed by atoms with van der Waals surface area (Å²) >= 11 is 0. The molecule has 1 aliphatic carbocycles. The smallest absolute Gasteiger partial charge is 0.259 e. The topological polar surface area (TPSA) is 49.3 Å². The minimum atomic E-state index is 0.0779. The molecule has 0 radical (unpaired) electrons. The number of carbonyl (C=O) groups is 1. The Balaban J connectivity index is 1.68. The standard InChI is InChI=1S/C24H32N4O/c1-18-13-15-28(16-14-18)24(29)21-17-25-22(19-9-5-3-6-10-19)26-23(21)27(2)20-11-7-4-8-12-20/h3,5-6,9-10,17-18,20H,4,7-8,11-16H2,1-2H3. The highest BCUT2D eigenvalue weighted by atomic mass is 16.2. The maximum Gasteiger partial charge on any atom is 0.259 e. The molecule has 29 heavy (non-hydrogen) atoms. The van der Waals surface area contributed by atoms with Gasteiger partial charge in [-0.3, -0.25) is 4.79 Å². The number of likely N-dealkylation sites (tertiary alicyclic amines) is 1. The third-order valence-electron chi connectivity index (χ3n) is 6.56. The Morgan fingerprint density at radius 1 is 1.03 bits per heavy atom. The minimum absolute atomic E-state index is 0.0779. The van der Waals surface area contributed by atoms with Gasteiger partial charge in [-0.25, -0.2) is 9.97 Å². The van der Waals surface area contributed by atoms with Crippen LogP contribution in [-0.4, -0.2) is 47.0 Å². The Kier molecular flexibility index (Phi) is 6.12. The van der Waals surface area contributed by atoms with Crippen LogP contribution in [0.15, 0.2) is 36.5 Å². The summed E-state index contributed by atoms with van der Waals surface area (Å²) in [5.41, 5.74) is 1.63. The molecule has 0 N–H and O–H groups in total. The third kappa shape index (κ3) is 4.44. The van der Waals surface area contributed by atoms with E-state index < -0.39 is 0 Å². The normalized spacial score (nSPS) is 18.6. The van der Waals surface area contributed by atoms with Gasteiger partial charge in [0.05, 0.1) is 0 Å². The predicted octanol–water partition coefficient (Wildman–Crippen LogP) is 4.78. The molecule has 4 rings (SSSR count). The van der Waals surface area contributed by atoms with Gasteiger partial charge in [0.25, 0.3) is 5.91 Å². The number of hydrogen-bond acceptors (Lipinski definition) is 4. The number of aromatic nitrogens is 2. The van der Waals surface area contributed by atoms with Gasteiger partial charge >= 0.3 is 0 Å². The van der Waals surface area contributed by atoms with E-state index in [1.54, 1.807) is 6.20 Å². The Morgan fingerprint density at radius 2 is 1.72 bits per heavy atom. The summed E-state index contributed by atoms with van der Waals surface area (Å²) in [4.78, 5) is 27.1. The Hall–Kier alpha value is -2.43. The molecular weight excluding hydrogens is 360 g/mol. The monoisotopic (exact) mass is 392 g/mol. The van der Waals surface area contributed by atoms with E-state index in [-0.39, 0.29) is 5.91 Å². The quantitative estimate of drug-likeness (QED) is 0.751. The van der Waals surface area contributed by atoms with Gasteiger partial charge in [0.15, 0.2) is 5.82 Å². The van der Waals surface area contributed by atoms with Crippen molar-refractivity contribution in [3.8, 4) is 11.4 Å². The van der Waals surface area contributed by atoms with Crippen molar-refractivity contribution in [2.45, 2.75) is 57.9 Å². The molecule has 154 valence electrons. The lowest BCUT2D eigenvalue weighted by Gasteiger charge is -2.35. The largest absolute Gasteiger partial charge is 0.356 e. The third-order valence-corrected chi connectivity index (χ3v) is 6.56. The molecular formula is C24H32N4O. The minimum Gasteiger partial charge on any atom is -0.356 e. The Labute approximate surface area is 174 Å². The number of benzene rings is 1. The molecule has 2 aliphatic rings. The molecule has 2 aromatic rings. The fourth-order valence-corrected chi connectivity index (χ4v) is 4.54.